The van der Waals surface area contributed by atoms with Crippen LogP contribution in [0.3, 0.4) is 0 Å². The lowest BCUT2D eigenvalue weighted by Gasteiger charge is -2.17. The summed E-state index contributed by atoms with van der Waals surface area (Å²) in [5.74, 6) is -0.279. The molecular weight excluding hydrogens is 360 g/mol. The molecule has 6 heteroatoms. The Morgan fingerprint density at radius 3 is 2.41 bits per heavy atom. The highest BCUT2D eigenvalue weighted by molar-refractivity contribution is 7.89. The molecule has 0 aliphatic carbocycles. The summed E-state index contributed by atoms with van der Waals surface area (Å²) in [4.78, 5) is 12.8. The van der Waals surface area contributed by atoms with E-state index >= 15 is 0 Å². The molecule has 0 unspecified atom stereocenters. The average Bonchev–Trinajstić information content (AvgIpc) is 3.19. The first-order valence-electron chi connectivity index (χ1n) is 9.27. The lowest BCUT2D eigenvalue weighted by atomic mass is 10.0. The Kier molecular flexibility index (Phi) is 5.67. The van der Waals surface area contributed by atoms with Crippen LogP contribution in [-0.4, -0.2) is 31.7 Å². The van der Waals surface area contributed by atoms with Gasteiger partial charge in [-0.3, -0.25) is 4.79 Å². The van der Waals surface area contributed by atoms with Crippen LogP contribution in [0.25, 0.3) is 0 Å². The summed E-state index contributed by atoms with van der Waals surface area (Å²) >= 11 is 0. The Bertz CT molecular complexity index is 948. The number of aryl methyl sites for hydroxylation is 2. The second-order valence-corrected chi connectivity index (χ2v) is 9.12. The van der Waals surface area contributed by atoms with Gasteiger partial charge in [-0.15, -0.1) is 0 Å². The quantitative estimate of drug-likeness (QED) is 0.854. The van der Waals surface area contributed by atoms with Crippen LogP contribution in [0, 0.1) is 13.8 Å². The number of carbonyl (C=O) groups excluding carboxylic acids is 1. The molecular formula is C21H26N2O3S. The molecule has 0 saturated carbocycles. The zero-order chi connectivity index (χ0) is 19.6. The molecule has 3 rings (SSSR count). The number of benzene rings is 2. The van der Waals surface area contributed by atoms with Crippen LogP contribution in [0.5, 0.6) is 0 Å². The molecule has 144 valence electrons. The summed E-state index contributed by atoms with van der Waals surface area (Å²) in [7, 11) is -3.53. The van der Waals surface area contributed by atoms with Crippen LogP contribution in [0.1, 0.15) is 52.9 Å². The minimum absolute atomic E-state index is 0.171. The van der Waals surface area contributed by atoms with Gasteiger partial charge in [-0.05, 0) is 68.5 Å². The summed E-state index contributed by atoms with van der Waals surface area (Å²) < 4.78 is 26.9. The zero-order valence-corrected chi connectivity index (χ0v) is 16.8. The van der Waals surface area contributed by atoms with Gasteiger partial charge >= 0.3 is 0 Å². The number of carbonyl (C=O) groups is 1. The third-order valence-electron chi connectivity index (χ3n) is 5.18. The summed E-state index contributed by atoms with van der Waals surface area (Å²) in [6.07, 6.45) is 1.76. The Labute approximate surface area is 161 Å². The molecule has 1 atom stereocenters. The second kappa shape index (κ2) is 7.82. The third-order valence-corrected chi connectivity index (χ3v) is 7.07. The van der Waals surface area contributed by atoms with E-state index in [4.69, 9.17) is 0 Å². The lowest BCUT2D eigenvalue weighted by Crippen LogP contribution is -2.29. The van der Waals surface area contributed by atoms with Gasteiger partial charge in [-0.2, -0.15) is 4.31 Å². The van der Waals surface area contributed by atoms with Crippen molar-refractivity contribution in [3.63, 3.8) is 0 Å². The number of rotatable bonds is 5. The smallest absolute Gasteiger partial charge is 0.251 e. The van der Waals surface area contributed by atoms with Gasteiger partial charge in [0, 0.05) is 18.7 Å². The first-order chi connectivity index (χ1) is 12.8. The Balaban J connectivity index is 1.78. The molecule has 0 radical (unpaired) electrons. The predicted molar refractivity (Wildman–Crippen MR) is 106 cm³/mol. The van der Waals surface area contributed by atoms with Gasteiger partial charge in [-0.25, -0.2) is 8.42 Å². The molecule has 1 fully saturated rings. The van der Waals surface area contributed by atoms with Crippen LogP contribution in [0.4, 0.5) is 0 Å². The van der Waals surface area contributed by atoms with Crippen molar-refractivity contribution in [1.29, 1.82) is 0 Å². The molecule has 1 saturated heterocycles. The molecule has 1 aliphatic heterocycles. The van der Waals surface area contributed by atoms with Crippen molar-refractivity contribution in [1.82, 2.24) is 9.62 Å². The Morgan fingerprint density at radius 1 is 1.04 bits per heavy atom. The fraction of sp³-hybridized carbons (Fsp3) is 0.381. The topological polar surface area (TPSA) is 66.5 Å². The van der Waals surface area contributed by atoms with Crippen LogP contribution in [0.15, 0.2) is 47.4 Å². The molecule has 1 aliphatic rings. The molecule has 1 amide bonds. The van der Waals surface area contributed by atoms with Crippen molar-refractivity contribution in [3.8, 4) is 0 Å². The summed E-state index contributed by atoms with van der Waals surface area (Å²) in [5.41, 5.74) is 3.75. The molecule has 0 bridgehead atoms. The SMILES string of the molecule is Cc1ccc([C@H](C)NC(=O)c2cccc(S(=O)(=O)N3CCCC3)c2)cc1C. The average molecular weight is 387 g/mol. The zero-order valence-electron chi connectivity index (χ0n) is 16.0. The van der Waals surface area contributed by atoms with E-state index in [1.165, 1.54) is 21.5 Å². The molecule has 2 aromatic carbocycles. The van der Waals surface area contributed by atoms with Crippen molar-refractivity contribution in [2.75, 3.05) is 13.1 Å². The van der Waals surface area contributed by atoms with Gasteiger partial charge in [0.1, 0.15) is 0 Å². The third kappa shape index (κ3) is 4.22. The van der Waals surface area contributed by atoms with Crippen molar-refractivity contribution in [2.24, 2.45) is 0 Å². The predicted octanol–water partition coefficient (Wildman–Crippen LogP) is 3.58. The van der Waals surface area contributed by atoms with Gasteiger partial charge in [0.25, 0.3) is 5.91 Å². The van der Waals surface area contributed by atoms with Gasteiger partial charge in [-0.1, -0.05) is 24.3 Å². The molecule has 1 N–H and O–H groups in total. The van der Waals surface area contributed by atoms with Crippen LogP contribution in [-0.2, 0) is 10.0 Å². The molecule has 1 heterocycles. The minimum atomic E-state index is -3.53. The molecule has 2 aromatic rings. The Morgan fingerprint density at radius 2 is 1.74 bits per heavy atom. The van der Waals surface area contributed by atoms with E-state index in [0.29, 0.717) is 18.7 Å². The van der Waals surface area contributed by atoms with Crippen LogP contribution >= 0.6 is 0 Å². The maximum absolute atomic E-state index is 12.7. The van der Waals surface area contributed by atoms with Crippen molar-refractivity contribution in [3.05, 3.63) is 64.7 Å². The van der Waals surface area contributed by atoms with Gasteiger partial charge < -0.3 is 5.32 Å². The van der Waals surface area contributed by atoms with Gasteiger partial charge in [0.05, 0.1) is 10.9 Å². The van der Waals surface area contributed by atoms with Gasteiger partial charge in [0.15, 0.2) is 0 Å². The number of amides is 1. The largest absolute Gasteiger partial charge is 0.346 e. The highest BCUT2D eigenvalue weighted by Crippen LogP contribution is 2.22. The molecule has 0 aromatic heterocycles. The molecule has 27 heavy (non-hydrogen) atoms. The van der Waals surface area contributed by atoms with Crippen molar-refractivity contribution >= 4 is 15.9 Å². The number of sulfonamides is 1. The molecule has 5 nitrogen and oxygen atoms in total. The van der Waals surface area contributed by atoms with Gasteiger partial charge in [0.2, 0.25) is 10.0 Å². The van der Waals surface area contributed by atoms with E-state index in [9.17, 15) is 13.2 Å². The number of nitrogens with one attached hydrogen (secondary N) is 1. The second-order valence-electron chi connectivity index (χ2n) is 7.18. The van der Waals surface area contributed by atoms with E-state index in [0.717, 1.165) is 18.4 Å². The number of hydrogen-bond donors (Lipinski definition) is 1. The normalized spacial score (nSPS) is 16.3. The van der Waals surface area contributed by atoms with E-state index in [-0.39, 0.29) is 16.8 Å². The Hall–Kier alpha value is -2.18. The van der Waals surface area contributed by atoms with E-state index in [2.05, 4.69) is 18.3 Å². The highest BCUT2D eigenvalue weighted by Gasteiger charge is 2.27. The first-order valence-corrected chi connectivity index (χ1v) is 10.7. The summed E-state index contributed by atoms with van der Waals surface area (Å²) in [6, 6.07) is 12.2. The maximum atomic E-state index is 12.7. The van der Waals surface area contributed by atoms with Crippen LogP contribution < -0.4 is 5.32 Å². The van der Waals surface area contributed by atoms with Crippen molar-refractivity contribution < 1.29 is 13.2 Å². The number of nitrogens with zero attached hydrogens (tertiary/aromatic N) is 1. The minimum Gasteiger partial charge on any atom is -0.346 e. The fourth-order valence-corrected chi connectivity index (χ4v) is 4.84. The monoisotopic (exact) mass is 386 g/mol. The van der Waals surface area contributed by atoms with E-state index < -0.39 is 10.0 Å². The van der Waals surface area contributed by atoms with E-state index in [1.807, 2.05) is 26.0 Å². The standard InChI is InChI=1S/C21H26N2O3S/c1-15-9-10-18(13-16(15)2)17(3)22-21(24)19-7-6-8-20(14-19)27(25,26)23-11-4-5-12-23/h6-10,13-14,17H,4-5,11-12H2,1-3H3,(H,22,24)/t17-/m0/s1. The molecule has 0 spiro atoms. The highest BCUT2D eigenvalue weighted by atomic mass is 32.2. The lowest BCUT2D eigenvalue weighted by molar-refractivity contribution is 0.0939. The van der Waals surface area contributed by atoms with Crippen molar-refractivity contribution in [2.45, 2.75) is 44.6 Å². The summed E-state index contributed by atoms with van der Waals surface area (Å²) in [5, 5.41) is 2.96. The first kappa shape index (κ1) is 19.6. The van der Waals surface area contributed by atoms with Crippen LogP contribution in [0.2, 0.25) is 0 Å². The fourth-order valence-electron chi connectivity index (χ4n) is 3.27. The number of hydrogen-bond acceptors (Lipinski definition) is 3. The maximum Gasteiger partial charge on any atom is 0.251 e. The van der Waals surface area contributed by atoms with E-state index in [1.54, 1.807) is 18.2 Å². The summed E-state index contributed by atoms with van der Waals surface area (Å²) in [6.45, 7) is 7.10.